The Morgan fingerprint density at radius 2 is 1.58 bits per heavy atom. The second-order valence-electron chi connectivity index (χ2n) is 19.9. The van der Waals surface area contributed by atoms with Gasteiger partial charge in [-0.3, -0.25) is 29.1 Å². The van der Waals surface area contributed by atoms with E-state index in [1.54, 1.807) is 11.0 Å². The van der Waals surface area contributed by atoms with Gasteiger partial charge in [0, 0.05) is 60.7 Å². The van der Waals surface area contributed by atoms with Crippen molar-refractivity contribution in [3.05, 3.63) is 97.5 Å². The van der Waals surface area contributed by atoms with Gasteiger partial charge in [0.15, 0.2) is 0 Å². The summed E-state index contributed by atoms with van der Waals surface area (Å²) < 4.78 is 8.61. The molecule has 5 amide bonds. The van der Waals surface area contributed by atoms with Crippen molar-refractivity contribution in [3.8, 4) is 11.4 Å². The minimum atomic E-state index is -0.664. The first-order chi connectivity index (χ1) is 31.1. The van der Waals surface area contributed by atoms with Crippen molar-refractivity contribution in [2.75, 3.05) is 45.9 Å². The maximum Gasteiger partial charge on any atom is 0.320 e. The Bertz CT molecular complexity index is 2700. The van der Waals surface area contributed by atoms with Gasteiger partial charge in [0.05, 0.1) is 40.2 Å². The van der Waals surface area contributed by atoms with Crippen LogP contribution in [0.15, 0.2) is 53.3 Å². The summed E-state index contributed by atoms with van der Waals surface area (Å²) in [6, 6.07) is 16.6. The highest BCUT2D eigenvalue weighted by atomic mass is 35.5. The van der Waals surface area contributed by atoms with Crippen LogP contribution in [0.4, 0.5) is 4.79 Å². The molecule has 1 aliphatic carbocycles. The Morgan fingerprint density at radius 1 is 0.812 bits per heavy atom. The highest BCUT2D eigenvalue weighted by Gasteiger charge is 2.50. The number of aromatic nitrogens is 2. The molecule has 4 saturated heterocycles. The number of urea groups is 1. The molecule has 14 heteroatoms. The van der Waals surface area contributed by atoms with Gasteiger partial charge >= 0.3 is 6.03 Å². The van der Waals surface area contributed by atoms with E-state index in [9.17, 15) is 24.0 Å². The summed E-state index contributed by atoms with van der Waals surface area (Å²) in [6.45, 7) is 5.76. The van der Waals surface area contributed by atoms with E-state index < -0.39 is 11.9 Å². The lowest BCUT2D eigenvalue weighted by Gasteiger charge is -2.44. The average Bonchev–Trinajstić information content (AvgIpc) is 3.94. The van der Waals surface area contributed by atoms with Gasteiger partial charge in [-0.15, -0.1) is 0 Å². The molecular weight excluding hydrogens is 830 g/mol. The lowest BCUT2D eigenvalue weighted by Crippen LogP contribution is -2.54. The summed E-state index contributed by atoms with van der Waals surface area (Å²) in [5, 5.41) is 3.33. The molecule has 1 saturated carbocycles. The van der Waals surface area contributed by atoms with Crippen LogP contribution >= 0.6 is 11.6 Å². The molecule has 8 heterocycles. The smallest absolute Gasteiger partial charge is 0.320 e. The molecule has 64 heavy (non-hydrogen) atoms. The SMILES string of the molecule is O=C1CC[C@H](N2Cc3c(ccc4c3OCC43CCN(C(=O)N4CCC(N5CCC(c6ccc7c(c6)C6(CCCCC6)c6nc(=O)c8c(Cl)cccc8n6-7)CC5)CC4)CC3)C2=O)C(=O)N1. The topological polar surface area (TPSA) is 137 Å². The van der Waals surface area contributed by atoms with Crippen LogP contribution in [0.5, 0.6) is 5.75 Å². The van der Waals surface area contributed by atoms with Crippen molar-refractivity contribution in [3.63, 3.8) is 0 Å². The fourth-order valence-corrected chi connectivity index (χ4v) is 13.4. The zero-order valence-electron chi connectivity index (χ0n) is 36.2. The highest BCUT2D eigenvalue weighted by Crippen LogP contribution is 2.53. The largest absolute Gasteiger partial charge is 0.492 e. The first kappa shape index (κ1) is 40.3. The van der Waals surface area contributed by atoms with Gasteiger partial charge in [-0.05, 0) is 112 Å². The first-order valence-electron chi connectivity index (χ1n) is 23.7. The molecular formula is C50H54ClN7O6. The van der Waals surface area contributed by atoms with E-state index in [-0.39, 0.29) is 40.7 Å². The van der Waals surface area contributed by atoms with Gasteiger partial charge in [0.25, 0.3) is 11.5 Å². The third kappa shape index (κ3) is 6.12. The second-order valence-corrected chi connectivity index (χ2v) is 20.3. The number of hydrogen-bond acceptors (Lipinski definition) is 8. The van der Waals surface area contributed by atoms with Gasteiger partial charge in [0.2, 0.25) is 11.8 Å². The highest BCUT2D eigenvalue weighted by molar-refractivity contribution is 6.35. The molecule has 5 fully saturated rings. The van der Waals surface area contributed by atoms with Crippen molar-refractivity contribution in [1.29, 1.82) is 0 Å². The number of nitrogens with zero attached hydrogens (tertiary/aromatic N) is 6. The number of hydrogen-bond donors (Lipinski definition) is 1. The number of ether oxygens (including phenoxy) is 1. The maximum absolute atomic E-state index is 14.0. The molecule has 0 radical (unpaired) electrons. The van der Waals surface area contributed by atoms with Crippen LogP contribution in [-0.4, -0.2) is 111 Å². The van der Waals surface area contributed by atoms with E-state index in [1.807, 2.05) is 29.2 Å². The summed E-state index contributed by atoms with van der Waals surface area (Å²) in [5.41, 5.74) is 6.53. The van der Waals surface area contributed by atoms with Crippen LogP contribution in [0.1, 0.15) is 128 Å². The number of rotatable bonds is 3. The summed E-state index contributed by atoms with van der Waals surface area (Å²) in [6.07, 6.45) is 11.8. The van der Waals surface area contributed by atoms with Crippen molar-refractivity contribution in [2.24, 2.45) is 0 Å². The number of halogens is 1. The van der Waals surface area contributed by atoms with Crippen LogP contribution < -0.4 is 15.6 Å². The Labute approximate surface area is 377 Å². The Kier molecular flexibility index (Phi) is 9.53. The molecule has 1 aromatic heterocycles. The Morgan fingerprint density at radius 3 is 2.34 bits per heavy atom. The van der Waals surface area contributed by atoms with E-state index in [0.717, 1.165) is 124 Å². The second kappa shape index (κ2) is 15.2. The van der Waals surface area contributed by atoms with Crippen molar-refractivity contribution < 1.29 is 23.9 Å². The molecule has 7 aliphatic heterocycles. The molecule has 0 bridgehead atoms. The van der Waals surface area contributed by atoms with Gasteiger partial charge in [-0.25, -0.2) is 4.79 Å². The maximum atomic E-state index is 14.0. The van der Waals surface area contributed by atoms with E-state index >= 15 is 0 Å². The third-order valence-electron chi connectivity index (χ3n) is 16.8. The van der Waals surface area contributed by atoms with Crippen molar-refractivity contribution >= 4 is 46.3 Å². The molecule has 332 valence electrons. The Hall–Kier alpha value is -5.27. The number of piperidine rings is 4. The van der Waals surface area contributed by atoms with Gasteiger partial charge in [-0.1, -0.05) is 55.1 Å². The summed E-state index contributed by atoms with van der Waals surface area (Å²) in [7, 11) is 0. The zero-order valence-corrected chi connectivity index (χ0v) is 37.0. The van der Waals surface area contributed by atoms with Crippen molar-refractivity contribution in [2.45, 2.75) is 119 Å². The van der Waals surface area contributed by atoms with Gasteiger partial charge < -0.3 is 24.3 Å². The number of likely N-dealkylation sites (tertiary alicyclic amines) is 3. The molecule has 13 nitrogen and oxygen atoms in total. The third-order valence-corrected chi connectivity index (χ3v) is 17.1. The van der Waals surface area contributed by atoms with E-state index in [1.165, 1.54) is 17.5 Å². The zero-order chi connectivity index (χ0) is 43.5. The number of amides is 5. The standard InChI is InChI=1S/C50H54ClN7O6/c51-37-5-4-6-39-42(37)45(61)53-47-50(17-2-1-3-18-50)36-27-31(7-10-38(36)58(39)47)30-13-21-54(22-14-30)32-15-23-55(24-16-32)48(63)56-25-19-49(20-26-56)29-64-43-34-28-57(40-11-12-41(59)52-44(40)60)46(62)33(34)8-9-35(43)49/h4-10,27,30,32,40H,1-3,11-26,28-29H2,(H,52,59,60)/t40-/m0/s1. The predicted octanol–water partition coefficient (Wildman–Crippen LogP) is 6.55. The average molecular weight is 884 g/mol. The number of fused-ring (bicyclic) bond motifs is 11. The van der Waals surface area contributed by atoms with Gasteiger partial charge in [-0.2, -0.15) is 4.98 Å². The number of carbonyl (C=O) groups is 4. The summed E-state index contributed by atoms with van der Waals surface area (Å²) >= 11 is 6.59. The Balaban J connectivity index is 0.665. The molecule has 3 aromatic carbocycles. The molecule has 1 N–H and O–H groups in total. The predicted molar refractivity (Wildman–Crippen MR) is 240 cm³/mol. The van der Waals surface area contributed by atoms with E-state index in [4.69, 9.17) is 21.3 Å². The molecule has 2 spiro atoms. The minimum Gasteiger partial charge on any atom is -0.492 e. The molecule has 4 aromatic rings. The normalized spacial score (nSPS) is 24.2. The van der Waals surface area contributed by atoms with Gasteiger partial charge in [0.1, 0.15) is 17.6 Å². The van der Waals surface area contributed by atoms with Crippen LogP contribution in [0.25, 0.3) is 16.6 Å². The van der Waals surface area contributed by atoms with E-state index in [0.29, 0.717) is 60.6 Å². The van der Waals surface area contributed by atoms with Crippen molar-refractivity contribution in [1.82, 2.24) is 34.5 Å². The summed E-state index contributed by atoms with van der Waals surface area (Å²) in [4.78, 5) is 78.3. The minimum absolute atomic E-state index is 0.135. The molecule has 8 aliphatic rings. The van der Waals surface area contributed by atoms with Crippen LogP contribution in [0, 0.1) is 0 Å². The fraction of sp³-hybridized carbons (Fsp3) is 0.520. The monoisotopic (exact) mass is 883 g/mol. The van der Waals surface area contributed by atoms with Crippen LogP contribution in [0.3, 0.4) is 0 Å². The molecule has 12 rings (SSSR count). The quantitative estimate of drug-likeness (QED) is 0.229. The number of benzene rings is 3. The first-order valence-corrected chi connectivity index (χ1v) is 24.1. The van der Waals surface area contributed by atoms with E-state index in [2.05, 4.69) is 37.9 Å². The summed E-state index contributed by atoms with van der Waals surface area (Å²) in [5.74, 6) is 1.21. The van der Waals surface area contributed by atoms with Crippen LogP contribution in [0.2, 0.25) is 5.02 Å². The number of carbonyl (C=O) groups excluding carboxylic acids is 4. The lowest BCUT2D eigenvalue weighted by atomic mass is 9.69. The fourth-order valence-electron chi connectivity index (χ4n) is 13.2. The lowest BCUT2D eigenvalue weighted by molar-refractivity contribution is -0.136. The van der Waals surface area contributed by atoms with Crippen LogP contribution in [-0.2, 0) is 27.0 Å². The number of imide groups is 1. The molecule has 1 atom stereocenters. The number of nitrogens with one attached hydrogen (secondary N) is 1. The molecule has 0 unspecified atom stereocenters.